The first-order valence-corrected chi connectivity index (χ1v) is 12.5. The van der Waals surface area contributed by atoms with Crippen LogP contribution in [0.4, 0.5) is 4.39 Å². The van der Waals surface area contributed by atoms with Gasteiger partial charge < -0.3 is 19.5 Å². The maximum absolute atomic E-state index is 14.0. The zero-order chi connectivity index (χ0) is 27.2. The van der Waals surface area contributed by atoms with Crippen LogP contribution in [0.1, 0.15) is 34.0 Å². The van der Waals surface area contributed by atoms with Gasteiger partial charge in [-0.1, -0.05) is 47.5 Å². The molecule has 1 aromatic heterocycles. The van der Waals surface area contributed by atoms with E-state index in [9.17, 15) is 14.0 Å². The third-order valence-electron chi connectivity index (χ3n) is 5.68. The van der Waals surface area contributed by atoms with Gasteiger partial charge in [-0.2, -0.15) is 0 Å². The van der Waals surface area contributed by atoms with E-state index in [1.54, 1.807) is 30.3 Å². The largest absolute Gasteiger partial charge is 0.496 e. The summed E-state index contributed by atoms with van der Waals surface area (Å²) >= 11 is 12.7. The number of nitrogens with zero attached hydrogens (tertiary/aromatic N) is 2. The van der Waals surface area contributed by atoms with Gasteiger partial charge in [0.1, 0.15) is 23.7 Å². The number of carbonyl (C=O) groups excluding carboxylic acids is 2. The molecule has 1 unspecified atom stereocenters. The van der Waals surface area contributed by atoms with Crippen molar-refractivity contribution in [2.75, 3.05) is 26.9 Å². The van der Waals surface area contributed by atoms with Gasteiger partial charge in [0.2, 0.25) is 5.88 Å². The molecule has 1 aliphatic rings. The van der Waals surface area contributed by atoms with Crippen molar-refractivity contribution in [3.8, 4) is 11.6 Å². The number of benzene rings is 2. The molecule has 0 radical (unpaired) electrons. The smallest absolute Gasteiger partial charge is 0.258 e. The highest BCUT2D eigenvalue weighted by molar-refractivity contribution is 6.38. The fourth-order valence-electron chi connectivity index (χ4n) is 3.96. The number of methoxy groups -OCH3 is 1. The number of hydrogen-bond acceptors (Lipinski definition) is 7. The number of hydrogen-bond donors (Lipinski definition) is 1. The molecule has 0 spiro atoms. The number of aromatic nitrogens is 1. The van der Waals surface area contributed by atoms with Crippen LogP contribution in [0.5, 0.6) is 11.6 Å². The van der Waals surface area contributed by atoms with Crippen LogP contribution in [0.25, 0.3) is 0 Å². The molecule has 38 heavy (non-hydrogen) atoms. The lowest BCUT2D eigenvalue weighted by Gasteiger charge is -2.17. The number of ketones is 1. The maximum Gasteiger partial charge on any atom is 0.258 e. The molecule has 198 valence electrons. The van der Waals surface area contributed by atoms with E-state index in [4.69, 9.17) is 37.4 Å². The van der Waals surface area contributed by atoms with Crippen molar-refractivity contribution in [2.24, 2.45) is 4.99 Å². The number of aliphatic imine (C=N–C) groups is 1. The van der Waals surface area contributed by atoms with Crippen molar-refractivity contribution in [1.82, 2.24) is 10.3 Å². The quantitative estimate of drug-likeness (QED) is 0.382. The summed E-state index contributed by atoms with van der Waals surface area (Å²) in [5.74, 6) is -1.67. The molecule has 0 fully saturated rings. The lowest BCUT2D eigenvalue weighted by molar-refractivity contribution is -0.120. The van der Waals surface area contributed by atoms with Gasteiger partial charge in [0.25, 0.3) is 5.91 Å². The minimum absolute atomic E-state index is 0.0131. The summed E-state index contributed by atoms with van der Waals surface area (Å²) < 4.78 is 30.3. The summed E-state index contributed by atoms with van der Waals surface area (Å²) in [5.41, 5.74) is 1.89. The number of ether oxygens (including phenoxy) is 3. The molecule has 0 saturated heterocycles. The molecule has 3 aromatic rings. The Morgan fingerprint density at radius 3 is 2.74 bits per heavy atom. The summed E-state index contributed by atoms with van der Waals surface area (Å²) in [5, 5.41) is 3.20. The Morgan fingerprint density at radius 2 is 1.97 bits per heavy atom. The summed E-state index contributed by atoms with van der Waals surface area (Å²) in [4.78, 5) is 35.0. The third kappa shape index (κ3) is 6.12. The fraction of sp³-hybridized carbons (Fsp3) is 0.259. The fourth-order valence-corrected chi connectivity index (χ4v) is 4.53. The van der Waals surface area contributed by atoms with Gasteiger partial charge in [0.15, 0.2) is 11.9 Å². The minimum atomic E-state index is -1.32. The van der Waals surface area contributed by atoms with Crippen LogP contribution in [-0.2, 0) is 16.0 Å². The van der Waals surface area contributed by atoms with E-state index in [1.165, 1.54) is 13.2 Å². The maximum atomic E-state index is 14.0. The van der Waals surface area contributed by atoms with Gasteiger partial charge in [-0.15, -0.1) is 0 Å². The second-order valence-electron chi connectivity index (χ2n) is 8.17. The van der Waals surface area contributed by atoms with Gasteiger partial charge in [-0.25, -0.2) is 9.37 Å². The molecule has 1 aliphatic heterocycles. The van der Waals surface area contributed by atoms with Crippen LogP contribution in [-0.4, -0.2) is 55.5 Å². The monoisotopic (exact) mass is 559 g/mol. The van der Waals surface area contributed by atoms with Crippen LogP contribution in [0.2, 0.25) is 10.0 Å². The van der Waals surface area contributed by atoms with Crippen LogP contribution < -0.4 is 14.8 Å². The Bertz CT molecular complexity index is 1400. The summed E-state index contributed by atoms with van der Waals surface area (Å²) in [6.45, 7) is 2.68. The molecule has 0 bridgehead atoms. The highest BCUT2D eigenvalue weighted by atomic mass is 35.5. The lowest BCUT2D eigenvalue weighted by atomic mass is 9.95. The van der Waals surface area contributed by atoms with Crippen LogP contribution in [0, 0.1) is 5.82 Å². The number of carbonyl (C=O) groups is 2. The second-order valence-corrected chi connectivity index (χ2v) is 9.01. The number of Topliss-reactive ketones (excluding diaryl/α,β-unsaturated/α-hetero) is 1. The molecule has 1 N–H and O–H groups in total. The molecule has 0 saturated carbocycles. The van der Waals surface area contributed by atoms with Gasteiger partial charge in [0.05, 0.1) is 36.2 Å². The molecular formula is C27H24Cl2FN3O5. The first kappa shape index (κ1) is 27.5. The van der Waals surface area contributed by atoms with Gasteiger partial charge in [-0.3, -0.25) is 14.6 Å². The number of nitrogens with one attached hydrogen (secondary N) is 1. The van der Waals surface area contributed by atoms with Crippen molar-refractivity contribution in [3.05, 3.63) is 86.8 Å². The molecule has 2 heterocycles. The Hall–Kier alpha value is -3.53. The number of halogens is 3. The molecule has 2 aromatic carbocycles. The van der Waals surface area contributed by atoms with Gasteiger partial charge in [0, 0.05) is 23.6 Å². The average Bonchev–Trinajstić information content (AvgIpc) is 3.02. The van der Waals surface area contributed by atoms with Crippen LogP contribution >= 0.6 is 23.2 Å². The molecule has 8 nitrogen and oxygen atoms in total. The number of rotatable bonds is 9. The van der Waals surface area contributed by atoms with Crippen LogP contribution in [0.15, 0.2) is 53.7 Å². The Kier molecular flexibility index (Phi) is 8.93. The standard InChI is InChI=1S/C27H24Cl2FN3O5/c1-3-37-8-9-38-27-19(13-17(30)14-31-27)26(35)33-25-21(34)10-15-6-4-5-7-18(15)24(32-25)23-20(29)11-16(28)12-22(23)36-2/h4-7,11-14,25H,3,8-10H2,1-2H3,(H,33,35). The van der Waals surface area contributed by atoms with Crippen molar-refractivity contribution in [2.45, 2.75) is 19.5 Å². The summed E-state index contributed by atoms with van der Waals surface area (Å²) in [7, 11) is 1.46. The van der Waals surface area contributed by atoms with E-state index >= 15 is 0 Å². The average molecular weight is 560 g/mol. The predicted octanol–water partition coefficient (Wildman–Crippen LogP) is 4.67. The normalized spacial score (nSPS) is 14.8. The highest BCUT2D eigenvalue weighted by Crippen LogP contribution is 2.35. The molecule has 1 atom stereocenters. The van der Waals surface area contributed by atoms with Crippen molar-refractivity contribution >= 4 is 40.6 Å². The zero-order valence-electron chi connectivity index (χ0n) is 20.6. The minimum Gasteiger partial charge on any atom is -0.496 e. The zero-order valence-corrected chi connectivity index (χ0v) is 22.1. The van der Waals surface area contributed by atoms with Gasteiger partial charge in [-0.05, 0) is 30.7 Å². The molecular weight excluding hydrogens is 536 g/mol. The molecule has 1 amide bonds. The summed E-state index contributed by atoms with van der Waals surface area (Å²) in [6.07, 6.45) is -0.396. The van der Waals surface area contributed by atoms with E-state index in [1.807, 2.05) is 6.92 Å². The molecule has 4 rings (SSSR count). The van der Waals surface area contributed by atoms with Crippen LogP contribution in [0.3, 0.4) is 0 Å². The Morgan fingerprint density at radius 1 is 1.18 bits per heavy atom. The van der Waals surface area contributed by atoms with E-state index in [-0.39, 0.29) is 41.9 Å². The van der Waals surface area contributed by atoms with E-state index in [0.717, 1.165) is 12.3 Å². The predicted molar refractivity (Wildman–Crippen MR) is 141 cm³/mol. The number of pyridine rings is 1. The third-order valence-corrected chi connectivity index (χ3v) is 6.19. The molecule has 0 aliphatic carbocycles. The first-order valence-electron chi connectivity index (χ1n) is 11.7. The van der Waals surface area contributed by atoms with E-state index in [0.29, 0.717) is 39.8 Å². The molecule has 11 heteroatoms. The van der Waals surface area contributed by atoms with E-state index in [2.05, 4.69) is 15.3 Å². The highest BCUT2D eigenvalue weighted by Gasteiger charge is 2.30. The van der Waals surface area contributed by atoms with Gasteiger partial charge >= 0.3 is 0 Å². The second kappa shape index (κ2) is 12.3. The Labute approximate surface area is 228 Å². The number of amides is 1. The Balaban J connectivity index is 1.74. The van der Waals surface area contributed by atoms with Crippen molar-refractivity contribution in [3.63, 3.8) is 0 Å². The lowest BCUT2D eigenvalue weighted by Crippen LogP contribution is -2.40. The topological polar surface area (TPSA) is 99.1 Å². The number of fused-ring (bicyclic) bond motifs is 1. The summed E-state index contributed by atoms with van der Waals surface area (Å²) in [6, 6.07) is 11.3. The van der Waals surface area contributed by atoms with Crippen molar-refractivity contribution in [1.29, 1.82) is 0 Å². The first-order chi connectivity index (χ1) is 18.3. The van der Waals surface area contributed by atoms with Crippen molar-refractivity contribution < 1.29 is 28.2 Å². The SMILES string of the molecule is CCOCCOc1ncc(F)cc1C(=O)NC1N=C(c2c(Cl)cc(Cl)cc2OC)c2ccccc2CC1=O. The van der Waals surface area contributed by atoms with E-state index < -0.39 is 17.9 Å².